The summed E-state index contributed by atoms with van der Waals surface area (Å²) in [6, 6.07) is 8.55. The van der Waals surface area contributed by atoms with Gasteiger partial charge in [0.2, 0.25) is 5.91 Å². The molecule has 2 aliphatic rings. The van der Waals surface area contributed by atoms with Crippen molar-refractivity contribution in [2.24, 2.45) is 5.92 Å². The number of para-hydroxylation sites is 1. The molecule has 2 atom stereocenters. The number of β-lactam (4-membered cyclic amide) rings is 1. The van der Waals surface area contributed by atoms with Crippen molar-refractivity contribution in [3.8, 4) is 0 Å². The molecule has 2 aromatic rings. The Morgan fingerprint density at radius 2 is 1.97 bits per heavy atom. The van der Waals surface area contributed by atoms with E-state index in [1.807, 2.05) is 28.1 Å². The Bertz CT molecular complexity index is 882. The van der Waals surface area contributed by atoms with Crippen molar-refractivity contribution >= 4 is 22.7 Å². The predicted octanol–water partition coefficient (Wildman–Crippen LogP) is 2.97. The van der Waals surface area contributed by atoms with Crippen LogP contribution in [0.1, 0.15) is 38.7 Å². The second kappa shape index (κ2) is 8.19. The van der Waals surface area contributed by atoms with Crippen molar-refractivity contribution in [1.29, 1.82) is 0 Å². The number of aryl methyl sites for hydroxylation is 1. The molecule has 156 valence electrons. The van der Waals surface area contributed by atoms with Crippen molar-refractivity contribution in [1.82, 2.24) is 14.8 Å². The van der Waals surface area contributed by atoms with Gasteiger partial charge in [-0.15, -0.1) is 0 Å². The summed E-state index contributed by atoms with van der Waals surface area (Å²) in [7, 11) is 1.62. The van der Waals surface area contributed by atoms with Gasteiger partial charge in [-0.25, -0.2) is 0 Å². The zero-order chi connectivity index (χ0) is 20.5. The van der Waals surface area contributed by atoms with Crippen LogP contribution >= 0.6 is 0 Å². The number of methoxy groups -OCH3 is 1. The number of ether oxygens (including phenoxy) is 1. The number of piperidine rings is 1. The molecule has 1 aromatic heterocycles. The maximum absolute atomic E-state index is 12.8. The lowest BCUT2D eigenvalue weighted by molar-refractivity contribution is -0.182. The summed E-state index contributed by atoms with van der Waals surface area (Å²) in [4.78, 5) is 32.3. The lowest BCUT2D eigenvalue weighted by Crippen LogP contribution is -2.70. The van der Waals surface area contributed by atoms with E-state index < -0.39 is 0 Å². The molecule has 6 nitrogen and oxygen atoms in total. The van der Waals surface area contributed by atoms with Crippen LogP contribution in [-0.4, -0.2) is 65.0 Å². The summed E-state index contributed by atoms with van der Waals surface area (Å²) in [5.74, 6) is 0.727. The van der Waals surface area contributed by atoms with E-state index in [0.717, 1.165) is 37.9 Å². The van der Waals surface area contributed by atoms with Crippen molar-refractivity contribution in [2.75, 3.05) is 20.2 Å². The van der Waals surface area contributed by atoms with Crippen LogP contribution in [0.2, 0.25) is 0 Å². The number of carbonyl (C=O) groups is 2. The number of nitrogens with one attached hydrogen (secondary N) is 1. The van der Waals surface area contributed by atoms with Crippen molar-refractivity contribution in [2.45, 2.75) is 57.7 Å². The Hall–Kier alpha value is -2.34. The molecule has 29 heavy (non-hydrogen) atoms. The number of aromatic nitrogens is 1. The van der Waals surface area contributed by atoms with Crippen LogP contribution in [0.5, 0.6) is 0 Å². The average Bonchev–Trinajstić information content (AvgIpc) is 3.13. The summed E-state index contributed by atoms with van der Waals surface area (Å²) < 4.78 is 5.46. The topological polar surface area (TPSA) is 65.6 Å². The third-order valence-corrected chi connectivity index (χ3v) is 6.60. The Kier molecular flexibility index (Phi) is 5.63. The molecule has 0 radical (unpaired) electrons. The molecule has 0 saturated carbocycles. The van der Waals surface area contributed by atoms with E-state index in [1.54, 1.807) is 7.11 Å². The van der Waals surface area contributed by atoms with Crippen molar-refractivity contribution < 1.29 is 14.3 Å². The second-order valence-corrected chi connectivity index (χ2v) is 8.56. The van der Waals surface area contributed by atoms with Gasteiger partial charge in [-0.1, -0.05) is 18.2 Å². The number of likely N-dealkylation sites (tertiary alicyclic amines) is 2. The minimum Gasteiger partial charge on any atom is -0.369 e. The van der Waals surface area contributed by atoms with Gasteiger partial charge in [0.15, 0.2) is 6.10 Å². The molecule has 0 bridgehead atoms. The number of amides is 2. The minimum atomic E-state index is -0.313. The van der Waals surface area contributed by atoms with E-state index in [1.165, 1.54) is 10.9 Å². The Balaban J connectivity index is 1.31. The lowest BCUT2D eigenvalue weighted by atomic mass is 9.79. The smallest absolute Gasteiger partial charge is 0.254 e. The van der Waals surface area contributed by atoms with Gasteiger partial charge in [0.1, 0.15) is 0 Å². The molecule has 4 rings (SSSR count). The molecule has 0 aliphatic carbocycles. The van der Waals surface area contributed by atoms with Gasteiger partial charge in [0.05, 0.1) is 6.04 Å². The molecule has 3 heterocycles. The Labute approximate surface area is 172 Å². The number of nitrogens with zero attached hydrogens (tertiary/aromatic N) is 2. The first kappa shape index (κ1) is 20.0. The first-order chi connectivity index (χ1) is 14.0. The van der Waals surface area contributed by atoms with Gasteiger partial charge in [-0.05, 0) is 50.7 Å². The lowest BCUT2D eigenvalue weighted by Gasteiger charge is -2.53. The predicted molar refractivity (Wildman–Crippen MR) is 112 cm³/mol. The van der Waals surface area contributed by atoms with Crippen molar-refractivity contribution in [3.05, 3.63) is 36.0 Å². The SMILES string of the molecule is CO[C@H]1C(=O)N(C(C)C)[C@H]1C1CCN(C(=O)CCc2c[nH]c3ccccc23)CC1. The highest BCUT2D eigenvalue weighted by atomic mass is 16.5. The quantitative estimate of drug-likeness (QED) is 0.762. The average molecular weight is 398 g/mol. The molecule has 0 spiro atoms. The molecule has 1 aromatic carbocycles. The first-order valence-electron chi connectivity index (χ1n) is 10.7. The molecule has 0 unspecified atom stereocenters. The summed E-state index contributed by atoms with van der Waals surface area (Å²) in [6.07, 6.45) is 4.86. The summed E-state index contributed by atoms with van der Waals surface area (Å²) in [5, 5.41) is 1.20. The molecule has 2 amide bonds. The Morgan fingerprint density at radius 1 is 1.24 bits per heavy atom. The van der Waals surface area contributed by atoms with Crippen LogP contribution in [-0.2, 0) is 20.7 Å². The number of hydrogen-bond acceptors (Lipinski definition) is 3. The fourth-order valence-electron chi connectivity index (χ4n) is 5.05. The molecule has 2 saturated heterocycles. The van der Waals surface area contributed by atoms with Crippen LogP contribution in [0, 0.1) is 5.92 Å². The van der Waals surface area contributed by atoms with Gasteiger partial charge in [0, 0.05) is 49.8 Å². The van der Waals surface area contributed by atoms with Crippen molar-refractivity contribution in [3.63, 3.8) is 0 Å². The van der Waals surface area contributed by atoms with E-state index in [0.29, 0.717) is 12.3 Å². The van der Waals surface area contributed by atoms with Crippen LogP contribution in [0.25, 0.3) is 10.9 Å². The van der Waals surface area contributed by atoms with Crippen LogP contribution in [0.15, 0.2) is 30.5 Å². The number of hydrogen-bond donors (Lipinski definition) is 1. The van der Waals surface area contributed by atoms with Gasteiger partial charge < -0.3 is 19.5 Å². The Morgan fingerprint density at radius 3 is 2.66 bits per heavy atom. The zero-order valence-electron chi connectivity index (χ0n) is 17.6. The highest BCUT2D eigenvalue weighted by molar-refractivity contribution is 5.89. The standard InChI is InChI=1S/C23H31N3O3/c1-15(2)26-21(22(29-3)23(26)28)16-10-12-25(13-11-16)20(27)9-8-17-14-24-19-7-5-4-6-18(17)19/h4-7,14-16,21-22,24H,8-13H2,1-3H3/t21-,22+/m0/s1. The zero-order valence-corrected chi connectivity index (χ0v) is 17.6. The highest BCUT2D eigenvalue weighted by Gasteiger charge is 2.52. The summed E-state index contributed by atoms with van der Waals surface area (Å²) >= 11 is 0. The fourth-order valence-corrected chi connectivity index (χ4v) is 5.05. The third-order valence-electron chi connectivity index (χ3n) is 6.60. The number of benzene rings is 1. The summed E-state index contributed by atoms with van der Waals surface area (Å²) in [5.41, 5.74) is 2.32. The largest absolute Gasteiger partial charge is 0.369 e. The molecular formula is C23H31N3O3. The number of H-pyrrole nitrogens is 1. The van der Waals surface area contributed by atoms with E-state index in [9.17, 15) is 9.59 Å². The van der Waals surface area contributed by atoms with Gasteiger partial charge in [-0.2, -0.15) is 0 Å². The summed E-state index contributed by atoms with van der Waals surface area (Å²) in [6.45, 7) is 5.65. The normalized spacial score (nSPS) is 23.1. The molecule has 2 aliphatic heterocycles. The minimum absolute atomic E-state index is 0.102. The molecule has 1 N–H and O–H groups in total. The van der Waals surface area contributed by atoms with E-state index in [-0.39, 0.29) is 30.0 Å². The van der Waals surface area contributed by atoms with Crippen LogP contribution < -0.4 is 0 Å². The number of rotatable bonds is 6. The second-order valence-electron chi connectivity index (χ2n) is 8.56. The highest BCUT2D eigenvalue weighted by Crippen LogP contribution is 2.36. The maximum Gasteiger partial charge on any atom is 0.254 e. The third kappa shape index (κ3) is 3.66. The first-order valence-corrected chi connectivity index (χ1v) is 10.7. The number of aromatic amines is 1. The number of fused-ring (bicyclic) bond motifs is 1. The van der Waals surface area contributed by atoms with E-state index >= 15 is 0 Å². The van der Waals surface area contributed by atoms with Crippen LogP contribution in [0.4, 0.5) is 0 Å². The van der Waals surface area contributed by atoms with Gasteiger partial charge >= 0.3 is 0 Å². The monoisotopic (exact) mass is 397 g/mol. The molecule has 2 fully saturated rings. The van der Waals surface area contributed by atoms with Crippen LogP contribution in [0.3, 0.4) is 0 Å². The van der Waals surface area contributed by atoms with E-state index in [2.05, 4.69) is 31.0 Å². The van der Waals surface area contributed by atoms with Gasteiger partial charge in [-0.3, -0.25) is 9.59 Å². The molecular weight excluding hydrogens is 366 g/mol. The maximum atomic E-state index is 12.8. The van der Waals surface area contributed by atoms with E-state index in [4.69, 9.17) is 4.74 Å². The fraction of sp³-hybridized carbons (Fsp3) is 0.565. The van der Waals surface area contributed by atoms with Gasteiger partial charge in [0.25, 0.3) is 5.91 Å². The molecule has 6 heteroatoms. The number of carbonyl (C=O) groups excluding carboxylic acids is 2.